The summed E-state index contributed by atoms with van der Waals surface area (Å²) in [7, 11) is 9.88. The second kappa shape index (κ2) is 4.29. The van der Waals surface area contributed by atoms with Crippen molar-refractivity contribution in [3.63, 3.8) is 0 Å². The zero-order chi connectivity index (χ0) is 9.14. The number of hydrogen-bond acceptors (Lipinski definition) is 2. The third-order valence-electron chi connectivity index (χ3n) is 3.06. The normalized spacial score (nSPS) is 28.2. The lowest BCUT2D eigenvalue weighted by Crippen LogP contribution is -2.34. The Kier molecular flexibility index (Phi) is 3.60. The molecule has 0 bridgehead atoms. The maximum atomic E-state index is 5.58. The van der Waals surface area contributed by atoms with Crippen molar-refractivity contribution >= 4 is 7.85 Å². The van der Waals surface area contributed by atoms with Crippen molar-refractivity contribution in [2.75, 3.05) is 33.6 Å². The van der Waals surface area contributed by atoms with E-state index in [1.54, 1.807) is 0 Å². The van der Waals surface area contributed by atoms with E-state index in [1.807, 2.05) is 0 Å². The molecule has 1 saturated heterocycles. The van der Waals surface area contributed by atoms with Gasteiger partial charge < -0.3 is 9.80 Å². The van der Waals surface area contributed by atoms with Crippen molar-refractivity contribution in [1.29, 1.82) is 0 Å². The molecule has 12 heavy (non-hydrogen) atoms. The summed E-state index contributed by atoms with van der Waals surface area (Å²) < 4.78 is 0. The average molecular weight is 166 g/mol. The van der Waals surface area contributed by atoms with Crippen LogP contribution in [-0.2, 0) is 0 Å². The fraction of sp³-hybridized carbons (Fsp3) is 1.00. The Morgan fingerprint density at radius 1 is 1.58 bits per heavy atom. The monoisotopic (exact) mass is 166 g/mol. The summed E-state index contributed by atoms with van der Waals surface area (Å²) in [5.41, 5.74) is 0. The first-order chi connectivity index (χ1) is 5.65. The molecule has 0 spiro atoms. The van der Waals surface area contributed by atoms with Gasteiger partial charge in [-0.3, -0.25) is 0 Å². The van der Waals surface area contributed by atoms with E-state index in [1.165, 1.54) is 19.5 Å². The molecule has 0 aliphatic carbocycles. The van der Waals surface area contributed by atoms with E-state index in [-0.39, 0.29) is 0 Å². The second-order valence-corrected chi connectivity index (χ2v) is 4.01. The topological polar surface area (TPSA) is 6.48 Å². The third kappa shape index (κ3) is 2.24. The van der Waals surface area contributed by atoms with Crippen LogP contribution in [0.25, 0.3) is 0 Å². The van der Waals surface area contributed by atoms with Crippen LogP contribution in [0.3, 0.4) is 0 Å². The van der Waals surface area contributed by atoms with E-state index in [4.69, 9.17) is 7.85 Å². The quantitative estimate of drug-likeness (QED) is 0.559. The molecule has 0 unspecified atom stereocenters. The van der Waals surface area contributed by atoms with Gasteiger partial charge in [0.05, 0.1) is 7.85 Å². The molecule has 1 aliphatic heterocycles. The Hall–Kier alpha value is -0.0151. The first kappa shape index (κ1) is 10.1. The van der Waals surface area contributed by atoms with Crippen molar-refractivity contribution in [1.82, 2.24) is 9.80 Å². The maximum Gasteiger partial charge on any atom is 0.0863 e. The van der Waals surface area contributed by atoms with Crippen molar-refractivity contribution in [2.45, 2.75) is 19.4 Å². The van der Waals surface area contributed by atoms with Crippen molar-refractivity contribution in [3.8, 4) is 0 Å². The Labute approximate surface area is 77.3 Å². The third-order valence-corrected chi connectivity index (χ3v) is 3.06. The Morgan fingerprint density at radius 2 is 2.25 bits per heavy atom. The van der Waals surface area contributed by atoms with Crippen LogP contribution in [-0.4, -0.2) is 57.3 Å². The predicted octanol–water partition coefficient (Wildman–Crippen LogP) is 0.384. The van der Waals surface area contributed by atoms with E-state index in [9.17, 15) is 0 Å². The molecule has 1 fully saturated rings. The van der Waals surface area contributed by atoms with Gasteiger partial charge in [0.25, 0.3) is 0 Å². The van der Waals surface area contributed by atoms with Crippen molar-refractivity contribution < 1.29 is 0 Å². The van der Waals surface area contributed by atoms with Crippen LogP contribution in [0.15, 0.2) is 0 Å². The first-order valence-electron chi connectivity index (χ1n) is 4.74. The standard InChI is InChI=1S/C9H19BN2/c1-8(11(2)3)9-4-5-12(6-9)7-10/h8-9H,4-7H2,1-3H3/t8-,9+/m1/s1. The van der Waals surface area contributed by atoms with Gasteiger partial charge in [-0.15, -0.1) is 0 Å². The summed E-state index contributed by atoms with van der Waals surface area (Å²) in [5, 5.41) is 0. The first-order valence-corrected chi connectivity index (χ1v) is 4.74. The molecule has 3 heteroatoms. The molecule has 68 valence electrons. The summed E-state index contributed by atoms with van der Waals surface area (Å²) in [5.74, 6) is 0.809. The molecule has 2 atom stereocenters. The second-order valence-electron chi connectivity index (χ2n) is 4.01. The molecule has 1 heterocycles. The summed E-state index contributed by atoms with van der Waals surface area (Å²) in [6.45, 7) is 4.65. The van der Waals surface area contributed by atoms with Crippen molar-refractivity contribution in [3.05, 3.63) is 0 Å². The summed E-state index contributed by atoms with van der Waals surface area (Å²) in [6, 6.07) is 0.682. The molecular formula is C9H19BN2. The molecule has 0 saturated carbocycles. The minimum absolute atomic E-state index is 0.682. The van der Waals surface area contributed by atoms with Gasteiger partial charge in [0.15, 0.2) is 0 Å². The molecule has 1 aliphatic rings. The van der Waals surface area contributed by atoms with Gasteiger partial charge in [-0.2, -0.15) is 0 Å². The maximum absolute atomic E-state index is 5.58. The highest BCUT2D eigenvalue weighted by Gasteiger charge is 2.26. The van der Waals surface area contributed by atoms with Crippen LogP contribution in [0.1, 0.15) is 13.3 Å². The molecule has 0 amide bonds. The highest BCUT2D eigenvalue weighted by atomic mass is 15.2. The zero-order valence-corrected chi connectivity index (χ0v) is 8.45. The Bertz CT molecular complexity index is 138. The summed E-state index contributed by atoms with van der Waals surface area (Å²) in [6.07, 6.45) is 2.02. The van der Waals surface area contributed by atoms with Gasteiger partial charge in [0.1, 0.15) is 0 Å². The van der Waals surface area contributed by atoms with Gasteiger partial charge in [0, 0.05) is 12.6 Å². The molecule has 0 aromatic carbocycles. The molecule has 1 rings (SSSR count). The fourth-order valence-corrected chi connectivity index (χ4v) is 1.84. The molecular weight excluding hydrogens is 147 g/mol. The van der Waals surface area contributed by atoms with Gasteiger partial charge >= 0.3 is 0 Å². The van der Waals surface area contributed by atoms with E-state index >= 15 is 0 Å². The van der Waals surface area contributed by atoms with Crippen LogP contribution in [0.2, 0.25) is 0 Å². The van der Waals surface area contributed by atoms with E-state index < -0.39 is 0 Å². The zero-order valence-electron chi connectivity index (χ0n) is 8.45. The minimum atomic E-state index is 0.682. The Balaban J connectivity index is 2.35. The highest BCUT2D eigenvalue weighted by molar-refractivity contribution is 6.08. The fourth-order valence-electron chi connectivity index (χ4n) is 1.84. The highest BCUT2D eigenvalue weighted by Crippen LogP contribution is 2.20. The summed E-state index contributed by atoms with van der Waals surface area (Å²) in [4.78, 5) is 4.62. The van der Waals surface area contributed by atoms with Gasteiger partial charge in [-0.1, -0.05) is 0 Å². The number of likely N-dealkylation sites (tertiary alicyclic amines) is 1. The lowest BCUT2D eigenvalue weighted by atomic mass is 10.00. The van der Waals surface area contributed by atoms with Crippen LogP contribution >= 0.6 is 0 Å². The predicted molar refractivity (Wildman–Crippen MR) is 53.5 cm³/mol. The van der Waals surface area contributed by atoms with Gasteiger partial charge in [-0.05, 0) is 46.3 Å². The van der Waals surface area contributed by atoms with Gasteiger partial charge in [0.2, 0.25) is 0 Å². The number of rotatable bonds is 3. The van der Waals surface area contributed by atoms with E-state index in [0.717, 1.165) is 12.4 Å². The SMILES string of the molecule is [B]CN1CC[C@H]([C@@H](C)N(C)C)C1. The van der Waals surface area contributed by atoms with Crippen LogP contribution in [0.5, 0.6) is 0 Å². The molecule has 0 N–H and O–H groups in total. The van der Waals surface area contributed by atoms with Crippen LogP contribution < -0.4 is 0 Å². The number of hydrogen-bond donors (Lipinski definition) is 0. The summed E-state index contributed by atoms with van der Waals surface area (Å²) >= 11 is 0. The Morgan fingerprint density at radius 3 is 2.67 bits per heavy atom. The van der Waals surface area contributed by atoms with Crippen LogP contribution in [0, 0.1) is 5.92 Å². The molecule has 0 aromatic rings. The average Bonchev–Trinajstić information content (AvgIpc) is 2.50. The minimum Gasteiger partial charge on any atom is -0.312 e. The van der Waals surface area contributed by atoms with Crippen LogP contribution in [0.4, 0.5) is 0 Å². The largest absolute Gasteiger partial charge is 0.312 e. The lowest BCUT2D eigenvalue weighted by molar-refractivity contribution is 0.226. The van der Waals surface area contributed by atoms with E-state index in [2.05, 4.69) is 30.8 Å². The molecule has 2 radical (unpaired) electrons. The number of nitrogens with zero attached hydrogens (tertiary/aromatic N) is 2. The van der Waals surface area contributed by atoms with Crippen molar-refractivity contribution in [2.24, 2.45) is 5.92 Å². The lowest BCUT2D eigenvalue weighted by Gasteiger charge is -2.26. The van der Waals surface area contributed by atoms with E-state index in [0.29, 0.717) is 6.04 Å². The smallest absolute Gasteiger partial charge is 0.0863 e. The molecule has 0 aromatic heterocycles. The van der Waals surface area contributed by atoms with Gasteiger partial charge in [-0.25, -0.2) is 0 Å². The molecule has 2 nitrogen and oxygen atoms in total.